The highest BCUT2D eigenvalue weighted by atomic mass is 32.2. The van der Waals surface area contributed by atoms with Crippen molar-refractivity contribution in [3.05, 3.63) is 89.7 Å². The fourth-order valence-electron chi connectivity index (χ4n) is 4.27. The van der Waals surface area contributed by atoms with Crippen LogP contribution < -0.4 is 15.0 Å². The molecule has 9 nitrogen and oxygen atoms in total. The van der Waals surface area contributed by atoms with Gasteiger partial charge in [-0.2, -0.15) is 18.2 Å². The number of alkyl halides is 3. The quantitative estimate of drug-likeness (QED) is 0.297. The van der Waals surface area contributed by atoms with Gasteiger partial charge in [0, 0.05) is 12.1 Å². The smallest absolute Gasteiger partial charge is 0.416 e. The standard InChI is InChI=1S/C29H25F3N6O3S/c1-18-15-23(41-2)11-12-24(18)38-25(39)16-42-28(38)35-27(40)33-14-13-19-3-5-20(6-4-19)26-34-17-37(36-26)22-9-7-21(8-10-22)29(30,31)32/h3-12,15,17H,13-14,16H2,1-2H3,(H,33,40). The lowest BCUT2D eigenvalue weighted by molar-refractivity contribution is -0.137. The second-order valence-electron chi connectivity index (χ2n) is 9.30. The normalized spacial score (nSPS) is 14.5. The van der Waals surface area contributed by atoms with Gasteiger partial charge >= 0.3 is 12.2 Å². The third-order valence-electron chi connectivity index (χ3n) is 6.46. The van der Waals surface area contributed by atoms with Gasteiger partial charge < -0.3 is 10.1 Å². The lowest BCUT2D eigenvalue weighted by Crippen LogP contribution is -2.32. The van der Waals surface area contributed by atoms with Crippen molar-refractivity contribution in [1.82, 2.24) is 20.1 Å². The number of nitrogens with one attached hydrogen (secondary N) is 1. The van der Waals surface area contributed by atoms with Crippen molar-refractivity contribution >= 4 is 34.6 Å². The summed E-state index contributed by atoms with van der Waals surface area (Å²) in [5, 5.41) is 7.45. The molecule has 5 rings (SSSR count). The van der Waals surface area contributed by atoms with Gasteiger partial charge in [-0.25, -0.2) is 14.5 Å². The van der Waals surface area contributed by atoms with E-state index in [4.69, 9.17) is 4.74 Å². The number of aryl methyl sites for hydroxylation is 1. The number of hydrogen-bond donors (Lipinski definition) is 1. The molecule has 1 N–H and O–H groups in total. The van der Waals surface area contributed by atoms with E-state index in [1.165, 1.54) is 39.8 Å². The minimum atomic E-state index is -4.40. The number of urea groups is 1. The third kappa shape index (κ3) is 6.46. The van der Waals surface area contributed by atoms with Crippen molar-refractivity contribution in [2.45, 2.75) is 19.5 Å². The Hall–Kier alpha value is -4.65. The molecular formula is C29H25F3N6O3S. The number of methoxy groups -OCH3 is 1. The summed E-state index contributed by atoms with van der Waals surface area (Å²) in [6.07, 6.45) is -2.42. The monoisotopic (exact) mass is 594 g/mol. The Morgan fingerprint density at radius 1 is 1.10 bits per heavy atom. The van der Waals surface area contributed by atoms with Crippen LogP contribution in [0.15, 0.2) is 78.0 Å². The molecule has 1 saturated heterocycles. The number of hydrogen-bond acceptors (Lipinski definition) is 6. The molecule has 1 fully saturated rings. The van der Waals surface area contributed by atoms with E-state index >= 15 is 0 Å². The van der Waals surface area contributed by atoms with Gasteiger partial charge in [0.15, 0.2) is 11.0 Å². The van der Waals surface area contributed by atoms with Crippen LogP contribution >= 0.6 is 11.8 Å². The van der Waals surface area contributed by atoms with E-state index in [2.05, 4.69) is 20.4 Å². The van der Waals surface area contributed by atoms with Crippen LogP contribution in [0.4, 0.5) is 23.7 Å². The van der Waals surface area contributed by atoms with Gasteiger partial charge in [0.05, 0.1) is 29.8 Å². The fourth-order valence-corrected chi connectivity index (χ4v) is 5.13. The molecule has 1 aliphatic rings. The topological polar surface area (TPSA) is 102 Å². The van der Waals surface area contributed by atoms with E-state index in [0.717, 1.165) is 28.8 Å². The Labute approximate surface area is 243 Å². The molecule has 216 valence electrons. The van der Waals surface area contributed by atoms with Crippen molar-refractivity contribution in [3.63, 3.8) is 0 Å². The molecule has 0 bridgehead atoms. The summed E-state index contributed by atoms with van der Waals surface area (Å²) < 4.78 is 45.1. The highest BCUT2D eigenvalue weighted by Gasteiger charge is 2.32. The van der Waals surface area contributed by atoms with Crippen LogP contribution in [0.25, 0.3) is 17.1 Å². The molecule has 0 atom stereocenters. The van der Waals surface area contributed by atoms with Gasteiger partial charge in [0.2, 0.25) is 5.91 Å². The molecule has 0 spiro atoms. The number of amidine groups is 1. The van der Waals surface area contributed by atoms with E-state index in [0.29, 0.717) is 41.1 Å². The molecule has 13 heteroatoms. The predicted molar refractivity (Wildman–Crippen MR) is 154 cm³/mol. The van der Waals surface area contributed by atoms with E-state index < -0.39 is 17.8 Å². The largest absolute Gasteiger partial charge is 0.497 e. The average molecular weight is 595 g/mol. The van der Waals surface area contributed by atoms with Crippen molar-refractivity contribution in [3.8, 4) is 22.8 Å². The molecule has 1 aliphatic heterocycles. The van der Waals surface area contributed by atoms with E-state index in [9.17, 15) is 22.8 Å². The average Bonchev–Trinajstić information content (AvgIpc) is 3.60. The minimum Gasteiger partial charge on any atom is -0.497 e. The maximum Gasteiger partial charge on any atom is 0.416 e. The Morgan fingerprint density at radius 3 is 2.50 bits per heavy atom. The molecule has 42 heavy (non-hydrogen) atoms. The maximum atomic E-state index is 12.8. The van der Waals surface area contributed by atoms with E-state index in [-0.39, 0.29) is 11.7 Å². The number of halogens is 3. The van der Waals surface area contributed by atoms with Gasteiger partial charge in [0.25, 0.3) is 0 Å². The summed E-state index contributed by atoms with van der Waals surface area (Å²) in [5.41, 5.74) is 2.88. The van der Waals surface area contributed by atoms with Gasteiger partial charge in [-0.1, -0.05) is 36.0 Å². The summed E-state index contributed by atoms with van der Waals surface area (Å²) in [5.74, 6) is 1.13. The zero-order chi connectivity index (χ0) is 29.9. The number of aliphatic imine (C=N–C) groups is 1. The van der Waals surface area contributed by atoms with Crippen LogP contribution in [0.3, 0.4) is 0 Å². The Kier molecular flexibility index (Phi) is 8.29. The number of carbonyl (C=O) groups is 2. The van der Waals surface area contributed by atoms with Crippen LogP contribution in [0.1, 0.15) is 16.7 Å². The van der Waals surface area contributed by atoms with Crippen molar-refractivity contribution < 1.29 is 27.5 Å². The van der Waals surface area contributed by atoms with Crippen molar-refractivity contribution in [2.24, 2.45) is 4.99 Å². The highest BCUT2D eigenvalue weighted by molar-refractivity contribution is 8.15. The summed E-state index contributed by atoms with van der Waals surface area (Å²) in [6.45, 7) is 2.19. The van der Waals surface area contributed by atoms with Gasteiger partial charge in [-0.05, 0) is 66.9 Å². The number of amides is 3. The van der Waals surface area contributed by atoms with Crippen LogP contribution in [0, 0.1) is 6.92 Å². The van der Waals surface area contributed by atoms with Gasteiger partial charge in [0.1, 0.15) is 12.1 Å². The van der Waals surface area contributed by atoms with Gasteiger partial charge in [-0.15, -0.1) is 5.10 Å². The first-order valence-electron chi connectivity index (χ1n) is 12.8. The van der Waals surface area contributed by atoms with Crippen LogP contribution in [-0.4, -0.2) is 51.3 Å². The summed E-state index contributed by atoms with van der Waals surface area (Å²) in [7, 11) is 1.57. The van der Waals surface area contributed by atoms with Crippen LogP contribution in [0.2, 0.25) is 0 Å². The molecule has 0 radical (unpaired) electrons. The lowest BCUT2D eigenvalue weighted by Gasteiger charge is -2.18. The van der Waals surface area contributed by atoms with Crippen molar-refractivity contribution in [2.75, 3.05) is 24.3 Å². The molecule has 4 aromatic rings. The van der Waals surface area contributed by atoms with Crippen LogP contribution in [-0.2, 0) is 17.4 Å². The molecule has 3 aromatic carbocycles. The first-order valence-corrected chi connectivity index (χ1v) is 13.8. The molecule has 0 aliphatic carbocycles. The van der Waals surface area contributed by atoms with E-state index in [1.54, 1.807) is 19.2 Å². The SMILES string of the molecule is COc1ccc(N2C(=O)CSC2=NC(=O)NCCc2ccc(-c3ncn(-c4ccc(C(F)(F)F)cc4)n3)cc2)c(C)c1. The number of benzene rings is 3. The van der Waals surface area contributed by atoms with Crippen LogP contribution in [0.5, 0.6) is 5.75 Å². The molecule has 0 saturated carbocycles. The number of anilines is 1. The number of rotatable bonds is 7. The first-order chi connectivity index (χ1) is 20.1. The molecule has 2 heterocycles. The maximum absolute atomic E-state index is 12.8. The molecule has 0 unspecified atom stereocenters. The second kappa shape index (κ2) is 12.1. The number of aromatic nitrogens is 3. The highest BCUT2D eigenvalue weighted by Crippen LogP contribution is 2.32. The predicted octanol–water partition coefficient (Wildman–Crippen LogP) is 5.66. The van der Waals surface area contributed by atoms with Gasteiger partial charge in [-0.3, -0.25) is 9.69 Å². The fraction of sp³-hybridized carbons (Fsp3) is 0.207. The Bertz CT molecular complexity index is 1640. The number of thioether (sulfide) groups is 1. The summed E-state index contributed by atoms with van der Waals surface area (Å²) >= 11 is 1.21. The summed E-state index contributed by atoms with van der Waals surface area (Å²) in [4.78, 5) is 34.9. The molecule has 1 aromatic heterocycles. The molecule has 3 amide bonds. The third-order valence-corrected chi connectivity index (χ3v) is 7.38. The number of carbonyl (C=O) groups excluding carboxylic acids is 2. The Balaban J connectivity index is 1.17. The minimum absolute atomic E-state index is 0.154. The number of nitrogens with zero attached hydrogens (tertiary/aromatic N) is 5. The Morgan fingerprint density at radius 2 is 1.83 bits per heavy atom. The summed E-state index contributed by atoms with van der Waals surface area (Å²) in [6, 6.07) is 16.9. The van der Waals surface area contributed by atoms with E-state index in [1.807, 2.05) is 37.3 Å². The first kappa shape index (κ1) is 28.9. The zero-order valence-electron chi connectivity index (χ0n) is 22.6. The zero-order valence-corrected chi connectivity index (χ0v) is 23.4. The second-order valence-corrected chi connectivity index (χ2v) is 10.2. The number of ether oxygens (including phenoxy) is 1. The van der Waals surface area contributed by atoms with Crippen molar-refractivity contribution in [1.29, 1.82) is 0 Å². The molecular weight excluding hydrogens is 569 g/mol. The lowest BCUT2D eigenvalue weighted by atomic mass is 10.1.